The third kappa shape index (κ3) is 53.0. The summed E-state index contributed by atoms with van der Waals surface area (Å²) in [6.45, 7) is 5.27. The minimum atomic E-state index is -4.54. The number of ether oxygens (including phenoxy) is 2. The number of carbonyl (C=O) groups excluding carboxylic acids is 1. The number of allylic oxidation sites excluding steroid dienone is 10. The van der Waals surface area contributed by atoms with Gasteiger partial charge in [0.25, 0.3) is 7.82 Å². The van der Waals surface area contributed by atoms with Crippen LogP contribution >= 0.6 is 7.82 Å². The standard InChI is InChI=1S/C56H104NO7P/c1-6-8-10-12-14-16-18-20-22-24-26-27-28-29-30-31-32-33-35-37-39-41-43-45-47-49-56(58)64-55(54-63-65(59,60)62-52-50-57(3,4)5)53-61-51-48-46-44-42-40-38-36-34-25-23-21-19-17-15-13-11-9-7-2/h9,11,15,17,21,23-24,26,34,36,55H,6-8,10,12-14,16,18-20,22,25,27-33,35,37-54H2,1-5H3/b11-9-,17-15-,23-21-,26-24-,36-34-. The van der Waals surface area contributed by atoms with Crippen LogP contribution in [0.5, 0.6) is 0 Å². The summed E-state index contributed by atoms with van der Waals surface area (Å²) >= 11 is 0. The molecule has 2 atom stereocenters. The molecule has 0 aliphatic carbocycles. The number of quaternary nitrogens is 1. The van der Waals surface area contributed by atoms with E-state index in [1.54, 1.807) is 0 Å². The maximum Gasteiger partial charge on any atom is 0.306 e. The van der Waals surface area contributed by atoms with Crippen LogP contribution in [-0.4, -0.2) is 70.7 Å². The Kier molecular flexibility index (Phi) is 47.3. The molecule has 0 heterocycles. The highest BCUT2D eigenvalue weighted by atomic mass is 31.2. The molecule has 0 N–H and O–H groups in total. The number of unbranched alkanes of at least 4 members (excludes halogenated alkanes) is 26. The van der Waals surface area contributed by atoms with Crippen molar-refractivity contribution in [3.63, 3.8) is 0 Å². The molecular weight excluding hydrogens is 830 g/mol. The number of rotatable bonds is 50. The fraction of sp³-hybridized carbons (Fsp3) is 0.804. The average Bonchev–Trinajstić information content (AvgIpc) is 3.27. The second-order valence-electron chi connectivity index (χ2n) is 19.2. The third-order valence-electron chi connectivity index (χ3n) is 11.6. The lowest BCUT2D eigenvalue weighted by Crippen LogP contribution is -2.37. The van der Waals surface area contributed by atoms with E-state index in [4.69, 9.17) is 18.5 Å². The van der Waals surface area contributed by atoms with Gasteiger partial charge in [0.2, 0.25) is 0 Å². The highest BCUT2D eigenvalue weighted by Gasteiger charge is 2.20. The monoisotopic (exact) mass is 934 g/mol. The molecule has 0 aromatic rings. The number of esters is 1. The zero-order valence-electron chi connectivity index (χ0n) is 43.2. The van der Waals surface area contributed by atoms with Gasteiger partial charge in [0, 0.05) is 13.0 Å². The summed E-state index contributed by atoms with van der Waals surface area (Å²) < 4.78 is 34.8. The number of carbonyl (C=O) groups is 1. The largest absolute Gasteiger partial charge is 0.756 e. The highest BCUT2D eigenvalue weighted by Crippen LogP contribution is 2.38. The molecule has 0 saturated heterocycles. The summed E-state index contributed by atoms with van der Waals surface area (Å²) in [7, 11) is 1.34. The molecule has 0 aliphatic rings. The van der Waals surface area contributed by atoms with Gasteiger partial charge in [-0.3, -0.25) is 9.36 Å². The summed E-state index contributed by atoms with van der Waals surface area (Å²) in [5.41, 5.74) is 0. The van der Waals surface area contributed by atoms with Crippen LogP contribution in [0.1, 0.15) is 232 Å². The van der Waals surface area contributed by atoms with Crippen molar-refractivity contribution in [3.05, 3.63) is 60.8 Å². The van der Waals surface area contributed by atoms with Gasteiger partial charge in [-0.2, -0.15) is 0 Å². The second kappa shape index (κ2) is 48.6. The van der Waals surface area contributed by atoms with E-state index >= 15 is 0 Å². The topological polar surface area (TPSA) is 94.1 Å². The quantitative estimate of drug-likeness (QED) is 0.0197. The van der Waals surface area contributed by atoms with Crippen LogP contribution in [0.4, 0.5) is 0 Å². The van der Waals surface area contributed by atoms with E-state index in [2.05, 4.69) is 74.6 Å². The first-order valence-corrected chi connectivity index (χ1v) is 28.5. The predicted octanol–water partition coefficient (Wildman–Crippen LogP) is 16.2. The Morgan fingerprint density at radius 2 is 0.892 bits per heavy atom. The SMILES string of the molecule is CC/C=C\C/C=C\C/C=C\C/C=C\CCCCCCCOCC(COP(=O)([O-])OCC[N+](C)(C)C)OC(=O)CCCCCCCCCCCCCCC/C=C\CCCCCCCCCC. The van der Waals surface area contributed by atoms with Crippen LogP contribution in [0.3, 0.4) is 0 Å². The first-order chi connectivity index (χ1) is 31.6. The van der Waals surface area contributed by atoms with Crippen LogP contribution < -0.4 is 4.89 Å². The summed E-state index contributed by atoms with van der Waals surface area (Å²) in [4.78, 5) is 25.2. The Labute approximate surface area is 402 Å². The molecule has 0 fully saturated rings. The first-order valence-electron chi connectivity index (χ1n) is 27.0. The van der Waals surface area contributed by atoms with Crippen LogP contribution in [0.15, 0.2) is 60.8 Å². The molecule has 0 aromatic heterocycles. The molecule has 0 aliphatic heterocycles. The van der Waals surface area contributed by atoms with Gasteiger partial charge >= 0.3 is 5.97 Å². The van der Waals surface area contributed by atoms with Crippen molar-refractivity contribution < 1.29 is 37.3 Å². The minimum absolute atomic E-state index is 0.0204. The van der Waals surface area contributed by atoms with Crippen molar-refractivity contribution >= 4 is 13.8 Å². The Hall–Kier alpha value is -1.80. The fourth-order valence-electron chi connectivity index (χ4n) is 7.42. The molecule has 2 unspecified atom stereocenters. The predicted molar refractivity (Wildman–Crippen MR) is 277 cm³/mol. The molecule has 65 heavy (non-hydrogen) atoms. The molecule has 0 aromatic carbocycles. The lowest BCUT2D eigenvalue weighted by Gasteiger charge is -2.28. The number of likely N-dealkylation sites (N-methyl/N-ethyl adjacent to an activating group) is 1. The molecule has 0 radical (unpaired) electrons. The first kappa shape index (κ1) is 63.2. The van der Waals surface area contributed by atoms with Crippen LogP contribution in [0.25, 0.3) is 0 Å². The van der Waals surface area contributed by atoms with Crippen molar-refractivity contribution in [1.82, 2.24) is 0 Å². The third-order valence-corrected chi connectivity index (χ3v) is 12.5. The number of phosphoric ester groups is 1. The second-order valence-corrected chi connectivity index (χ2v) is 20.6. The van der Waals surface area contributed by atoms with Crippen molar-refractivity contribution in [2.24, 2.45) is 0 Å². The molecule has 0 amide bonds. The molecular formula is C56H104NO7P. The summed E-state index contributed by atoms with van der Waals surface area (Å²) in [6, 6.07) is 0. The van der Waals surface area contributed by atoms with E-state index in [9.17, 15) is 14.3 Å². The van der Waals surface area contributed by atoms with E-state index in [0.29, 0.717) is 24.1 Å². The maximum atomic E-state index is 12.8. The average molecular weight is 934 g/mol. The molecule has 0 saturated carbocycles. The van der Waals surface area contributed by atoms with Crippen LogP contribution in [0.2, 0.25) is 0 Å². The summed E-state index contributed by atoms with van der Waals surface area (Å²) in [5.74, 6) is -0.340. The molecule has 9 heteroatoms. The van der Waals surface area contributed by atoms with E-state index in [1.165, 1.54) is 141 Å². The van der Waals surface area contributed by atoms with Crippen molar-refractivity contribution in [2.45, 2.75) is 238 Å². The van der Waals surface area contributed by atoms with Gasteiger partial charge in [-0.15, -0.1) is 0 Å². The van der Waals surface area contributed by atoms with Crippen molar-refractivity contribution in [2.75, 3.05) is 54.1 Å². The smallest absolute Gasteiger partial charge is 0.306 e. The molecule has 0 spiro atoms. The molecule has 0 rings (SSSR count). The van der Waals surface area contributed by atoms with Crippen molar-refractivity contribution in [1.29, 1.82) is 0 Å². The Morgan fingerprint density at radius 1 is 0.492 bits per heavy atom. The molecule has 8 nitrogen and oxygen atoms in total. The zero-order valence-corrected chi connectivity index (χ0v) is 44.1. The molecule has 380 valence electrons. The number of hydrogen-bond donors (Lipinski definition) is 0. The van der Waals surface area contributed by atoms with Gasteiger partial charge < -0.3 is 27.9 Å². The van der Waals surface area contributed by atoms with Crippen molar-refractivity contribution in [3.8, 4) is 0 Å². The Bertz CT molecular complexity index is 1220. The van der Waals surface area contributed by atoms with E-state index in [1.807, 2.05) is 21.1 Å². The highest BCUT2D eigenvalue weighted by molar-refractivity contribution is 7.45. The maximum absolute atomic E-state index is 12.8. The van der Waals surface area contributed by atoms with Gasteiger partial charge in [-0.25, -0.2) is 0 Å². The summed E-state index contributed by atoms with van der Waals surface area (Å²) in [6.07, 6.45) is 62.6. The van der Waals surface area contributed by atoms with Crippen LogP contribution in [-0.2, 0) is 27.9 Å². The van der Waals surface area contributed by atoms with E-state index < -0.39 is 13.9 Å². The number of phosphoric acid groups is 1. The number of hydrogen-bond acceptors (Lipinski definition) is 7. The lowest BCUT2D eigenvalue weighted by atomic mass is 10.0. The Balaban J connectivity index is 4.11. The van der Waals surface area contributed by atoms with Gasteiger partial charge in [0.05, 0.1) is 34.4 Å². The Morgan fingerprint density at radius 3 is 1.35 bits per heavy atom. The lowest BCUT2D eigenvalue weighted by molar-refractivity contribution is -0.870. The van der Waals surface area contributed by atoms with E-state index in [0.717, 1.165) is 70.6 Å². The van der Waals surface area contributed by atoms with E-state index in [-0.39, 0.29) is 25.8 Å². The number of nitrogens with zero attached hydrogens (tertiary/aromatic N) is 1. The normalized spacial score (nSPS) is 14.0. The minimum Gasteiger partial charge on any atom is -0.756 e. The molecule has 0 bridgehead atoms. The summed E-state index contributed by atoms with van der Waals surface area (Å²) in [5, 5.41) is 0. The van der Waals surface area contributed by atoms with Gasteiger partial charge in [0.15, 0.2) is 0 Å². The van der Waals surface area contributed by atoms with Crippen LogP contribution in [0, 0.1) is 0 Å². The van der Waals surface area contributed by atoms with Gasteiger partial charge in [-0.05, 0) is 77.0 Å². The van der Waals surface area contributed by atoms with Gasteiger partial charge in [0.1, 0.15) is 19.3 Å². The fourth-order valence-corrected chi connectivity index (χ4v) is 8.14. The van der Waals surface area contributed by atoms with Gasteiger partial charge in [-0.1, -0.05) is 209 Å². The zero-order chi connectivity index (χ0) is 47.6.